The van der Waals surface area contributed by atoms with Crippen molar-refractivity contribution in [3.8, 4) is 0 Å². The van der Waals surface area contributed by atoms with Crippen LogP contribution in [0.25, 0.3) is 0 Å². The molecule has 0 aromatic rings. The molecule has 0 bridgehead atoms. The van der Waals surface area contributed by atoms with E-state index in [-0.39, 0.29) is 19.2 Å². The van der Waals surface area contributed by atoms with E-state index in [1.54, 1.807) is 0 Å². The van der Waals surface area contributed by atoms with Crippen molar-refractivity contribution in [3.63, 3.8) is 0 Å². The first-order valence-corrected chi connectivity index (χ1v) is 13.9. The van der Waals surface area contributed by atoms with Crippen LogP contribution in [0, 0.1) is 0 Å². The highest BCUT2D eigenvalue weighted by molar-refractivity contribution is 5.69. The van der Waals surface area contributed by atoms with Gasteiger partial charge in [0.15, 0.2) is 6.10 Å². The summed E-state index contributed by atoms with van der Waals surface area (Å²) in [4.78, 5) is 12.0. The fourth-order valence-corrected chi connectivity index (χ4v) is 4.52. The maximum absolute atomic E-state index is 12.0. The number of hydrogen-bond donors (Lipinski definition) is 3. The van der Waals surface area contributed by atoms with Crippen LogP contribution in [0.5, 0.6) is 0 Å². The van der Waals surface area contributed by atoms with Crippen LogP contribution in [0.3, 0.4) is 0 Å². The molecule has 0 aromatic heterocycles. The Kier molecular flexibility index (Phi) is 19.0. The van der Waals surface area contributed by atoms with Gasteiger partial charge in [0.05, 0.1) is 13.2 Å². The molecule has 0 spiro atoms. The Bertz CT molecular complexity index is 458. The van der Waals surface area contributed by atoms with Crippen molar-refractivity contribution < 1.29 is 29.6 Å². The highest BCUT2D eigenvalue weighted by Crippen LogP contribution is 2.19. The molecule has 1 fully saturated rings. The smallest absolute Gasteiger partial charge is 0.306 e. The van der Waals surface area contributed by atoms with E-state index < -0.39 is 24.4 Å². The molecule has 1 saturated heterocycles. The van der Waals surface area contributed by atoms with E-state index >= 15 is 0 Å². The first-order valence-electron chi connectivity index (χ1n) is 13.9. The normalized spacial score (nSPS) is 23.0. The Hall–Kier alpha value is -0.690. The number of carbonyl (C=O) groups excluding carboxylic acids is 1. The van der Waals surface area contributed by atoms with E-state index in [1.165, 1.54) is 96.3 Å². The first-order chi connectivity index (χ1) is 16.1. The topological polar surface area (TPSA) is 96.2 Å². The minimum Gasteiger partial charge on any atom is -0.457 e. The Labute approximate surface area is 202 Å². The van der Waals surface area contributed by atoms with Crippen LogP contribution >= 0.6 is 0 Å². The quantitative estimate of drug-likeness (QED) is 0.152. The average molecular weight is 473 g/mol. The number of hydrogen-bond acceptors (Lipinski definition) is 6. The van der Waals surface area contributed by atoms with Crippen molar-refractivity contribution in [1.29, 1.82) is 0 Å². The Morgan fingerprint density at radius 3 is 1.58 bits per heavy atom. The SMILES string of the molecule is CCCCCCCCCCCCCCCCCCCCC(=O)O[C@@H]1CO[C@H](CO)[C@@H](O)[C@@H]1O. The maximum Gasteiger partial charge on any atom is 0.306 e. The van der Waals surface area contributed by atoms with Gasteiger partial charge in [0.1, 0.15) is 18.3 Å². The molecule has 3 N–H and O–H groups in total. The van der Waals surface area contributed by atoms with Gasteiger partial charge in [0.2, 0.25) is 0 Å². The molecule has 1 heterocycles. The lowest BCUT2D eigenvalue weighted by atomic mass is 10.0. The van der Waals surface area contributed by atoms with Gasteiger partial charge in [-0.3, -0.25) is 4.79 Å². The van der Waals surface area contributed by atoms with Crippen LogP contribution < -0.4 is 0 Å². The summed E-state index contributed by atoms with van der Waals surface area (Å²) >= 11 is 0. The predicted octanol–water partition coefficient (Wildman–Crippen LogP) is 5.44. The zero-order valence-corrected chi connectivity index (χ0v) is 21.2. The third kappa shape index (κ3) is 15.0. The maximum atomic E-state index is 12.0. The summed E-state index contributed by atoms with van der Waals surface area (Å²) in [5.74, 6) is -0.367. The predicted molar refractivity (Wildman–Crippen MR) is 132 cm³/mol. The van der Waals surface area contributed by atoms with E-state index in [9.17, 15) is 15.0 Å². The minimum absolute atomic E-state index is 0.00564. The van der Waals surface area contributed by atoms with Crippen LogP contribution in [-0.2, 0) is 14.3 Å². The molecule has 4 atom stereocenters. The highest BCUT2D eigenvalue weighted by Gasteiger charge is 2.40. The van der Waals surface area contributed by atoms with Gasteiger partial charge in [-0.25, -0.2) is 0 Å². The van der Waals surface area contributed by atoms with Crippen molar-refractivity contribution in [3.05, 3.63) is 0 Å². The zero-order valence-electron chi connectivity index (χ0n) is 21.2. The van der Waals surface area contributed by atoms with Crippen LogP contribution in [0.15, 0.2) is 0 Å². The van der Waals surface area contributed by atoms with Gasteiger partial charge in [-0.2, -0.15) is 0 Å². The van der Waals surface area contributed by atoms with Crippen LogP contribution in [0.2, 0.25) is 0 Å². The molecule has 1 aliphatic rings. The third-order valence-electron chi connectivity index (χ3n) is 6.78. The first kappa shape index (κ1) is 30.3. The van der Waals surface area contributed by atoms with Gasteiger partial charge in [-0.15, -0.1) is 0 Å². The van der Waals surface area contributed by atoms with Gasteiger partial charge >= 0.3 is 5.97 Å². The number of rotatable bonds is 21. The number of unbranched alkanes of at least 4 members (excludes halogenated alkanes) is 17. The Morgan fingerprint density at radius 2 is 1.15 bits per heavy atom. The monoisotopic (exact) mass is 472 g/mol. The average Bonchev–Trinajstić information content (AvgIpc) is 2.81. The summed E-state index contributed by atoms with van der Waals surface area (Å²) in [7, 11) is 0. The summed E-state index contributed by atoms with van der Waals surface area (Å²) in [6.07, 6.45) is 19.6. The summed E-state index contributed by atoms with van der Waals surface area (Å²) in [5.41, 5.74) is 0. The molecule has 0 aliphatic carbocycles. The number of aliphatic hydroxyl groups is 3. The molecule has 0 unspecified atom stereocenters. The summed E-state index contributed by atoms with van der Waals surface area (Å²) < 4.78 is 10.5. The molecular weight excluding hydrogens is 420 g/mol. The molecule has 0 saturated carbocycles. The standard InChI is InChI=1S/C27H52O6/c1-2-3-4-5-6-7-8-9-10-11-12-13-14-15-16-17-18-19-20-25(29)33-24-22-32-23(21-28)26(30)27(24)31/h23-24,26-28,30-31H,2-22H2,1H3/t23-,24-,26-,27-/m1/s1. The van der Waals surface area contributed by atoms with Crippen molar-refractivity contribution in [2.75, 3.05) is 13.2 Å². The lowest BCUT2D eigenvalue weighted by molar-refractivity contribution is -0.210. The molecule has 1 rings (SSSR count). The van der Waals surface area contributed by atoms with E-state index in [4.69, 9.17) is 14.6 Å². The molecule has 1 aliphatic heterocycles. The zero-order chi connectivity index (χ0) is 24.2. The molecule has 0 radical (unpaired) electrons. The van der Waals surface area contributed by atoms with E-state index in [0.717, 1.165) is 19.3 Å². The summed E-state index contributed by atoms with van der Waals surface area (Å²) in [6.45, 7) is 1.89. The lowest BCUT2D eigenvalue weighted by Crippen LogP contribution is -2.55. The van der Waals surface area contributed by atoms with Crippen LogP contribution in [0.4, 0.5) is 0 Å². The molecule has 6 nitrogen and oxygen atoms in total. The number of aliphatic hydroxyl groups excluding tert-OH is 3. The van der Waals surface area contributed by atoms with Gasteiger partial charge in [-0.05, 0) is 6.42 Å². The van der Waals surface area contributed by atoms with Crippen molar-refractivity contribution in [2.24, 2.45) is 0 Å². The van der Waals surface area contributed by atoms with E-state index in [1.807, 2.05) is 0 Å². The largest absolute Gasteiger partial charge is 0.457 e. The fraction of sp³-hybridized carbons (Fsp3) is 0.963. The summed E-state index contributed by atoms with van der Waals surface area (Å²) in [5, 5.41) is 28.9. The molecule has 0 amide bonds. The second kappa shape index (κ2) is 20.7. The van der Waals surface area contributed by atoms with Crippen LogP contribution in [0.1, 0.15) is 129 Å². The minimum atomic E-state index is -1.24. The van der Waals surface area contributed by atoms with Gasteiger partial charge in [-0.1, -0.05) is 116 Å². The Balaban J connectivity index is 1.83. The fourth-order valence-electron chi connectivity index (χ4n) is 4.52. The highest BCUT2D eigenvalue weighted by atomic mass is 16.6. The molecular formula is C27H52O6. The second-order valence-electron chi connectivity index (χ2n) is 9.82. The number of carbonyl (C=O) groups is 1. The van der Waals surface area contributed by atoms with Gasteiger partial charge in [0.25, 0.3) is 0 Å². The second-order valence-corrected chi connectivity index (χ2v) is 9.82. The molecule has 0 aromatic carbocycles. The number of esters is 1. The molecule has 196 valence electrons. The van der Waals surface area contributed by atoms with Crippen molar-refractivity contribution >= 4 is 5.97 Å². The van der Waals surface area contributed by atoms with E-state index in [2.05, 4.69) is 6.92 Å². The number of ether oxygens (including phenoxy) is 2. The van der Waals surface area contributed by atoms with Crippen molar-refractivity contribution in [2.45, 2.75) is 153 Å². The summed E-state index contributed by atoms with van der Waals surface area (Å²) in [6, 6.07) is 0. The lowest BCUT2D eigenvalue weighted by Gasteiger charge is -2.36. The molecule has 6 heteroatoms. The van der Waals surface area contributed by atoms with Crippen LogP contribution in [-0.4, -0.2) is 58.9 Å². The van der Waals surface area contributed by atoms with Crippen molar-refractivity contribution in [1.82, 2.24) is 0 Å². The van der Waals surface area contributed by atoms with Gasteiger partial charge in [0, 0.05) is 6.42 Å². The Morgan fingerprint density at radius 1 is 0.727 bits per heavy atom. The third-order valence-corrected chi connectivity index (χ3v) is 6.78. The van der Waals surface area contributed by atoms with Gasteiger partial charge < -0.3 is 24.8 Å². The van der Waals surface area contributed by atoms with E-state index in [0.29, 0.717) is 6.42 Å². The molecule has 33 heavy (non-hydrogen) atoms.